The monoisotopic (exact) mass is 478 g/mol. The molecule has 1 unspecified atom stereocenters. The summed E-state index contributed by atoms with van der Waals surface area (Å²) >= 11 is 0. The van der Waals surface area contributed by atoms with Crippen molar-refractivity contribution < 1.29 is 18.0 Å². The van der Waals surface area contributed by atoms with Crippen LogP contribution in [0.3, 0.4) is 0 Å². The van der Waals surface area contributed by atoms with E-state index >= 15 is 0 Å². The zero-order valence-electron chi connectivity index (χ0n) is 19.1. The van der Waals surface area contributed by atoms with Crippen LogP contribution in [-0.4, -0.2) is 54.3 Å². The van der Waals surface area contributed by atoms with Crippen LogP contribution in [0.5, 0.6) is 0 Å². The van der Waals surface area contributed by atoms with Gasteiger partial charge in [-0.1, -0.05) is 36.4 Å². The van der Waals surface area contributed by atoms with Crippen LogP contribution in [0.4, 0.5) is 18.9 Å². The van der Waals surface area contributed by atoms with Gasteiger partial charge in [0.05, 0.1) is 24.0 Å². The lowest BCUT2D eigenvalue weighted by Gasteiger charge is -2.36. The minimum atomic E-state index is -0.372. The van der Waals surface area contributed by atoms with Gasteiger partial charge in [0.1, 0.15) is 17.5 Å². The van der Waals surface area contributed by atoms with Gasteiger partial charge in [0.25, 0.3) is 5.91 Å². The molecule has 5 rings (SSSR count). The molecule has 5 nitrogen and oxygen atoms in total. The number of carbonyl (C=O) groups is 1. The lowest BCUT2D eigenvalue weighted by molar-refractivity contribution is -0.134. The smallest absolute Gasteiger partial charge is 0.257 e. The highest BCUT2D eigenvalue weighted by atomic mass is 19.1. The summed E-state index contributed by atoms with van der Waals surface area (Å²) < 4.78 is 41.1. The highest BCUT2D eigenvalue weighted by Crippen LogP contribution is 2.33. The molecule has 0 radical (unpaired) electrons. The number of hydrogen-bond acceptors (Lipinski definition) is 4. The molecule has 0 aliphatic carbocycles. The van der Waals surface area contributed by atoms with E-state index in [1.807, 2.05) is 15.9 Å². The predicted molar refractivity (Wildman–Crippen MR) is 129 cm³/mol. The van der Waals surface area contributed by atoms with Crippen LogP contribution < -0.4 is 4.90 Å². The fraction of sp³-hybridized carbons (Fsp3) is 0.259. The fourth-order valence-corrected chi connectivity index (χ4v) is 4.62. The van der Waals surface area contributed by atoms with Gasteiger partial charge < -0.3 is 4.90 Å². The number of halogens is 3. The number of para-hydroxylation sites is 1. The van der Waals surface area contributed by atoms with E-state index in [-0.39, 0.29) is 35.9 Å². The van der Waals surface area contributed by atoms with Crippen molar-refractivity contribution in [1.29, 1.82) is 0 Å². The van der Waals surface area contributed by atoms with Crippen molar-refractivity contribution in [1.82, 2.24) is 9.91 Å². The molecule has 0 aromatic heterocycles. The van der Waals surface area contributed by atoms with E-state index < -0.39 is 0 Å². The van der Waals surface area contributed by atoms with Crippen LogP contribution >= 0.6 is 0 Å². The Morgan fingerprint density at radius 1 is 0.829 bits per heavy atom. The molecule has 0 bridgehead atoms. The zero-order chi connectivity index (χ0) is 24.4. The van der Waals surface area contributed by atoms with Crippen molar-refractivity contribution in [3.05, 3.63) is 101 Å². The van der Waals surface area contributed by atoms with Crippen molar-refractivity contribution in [3.8, 4) is 0 Å². The Hall–Kier alpha value is -3.65. The lowest BCUT2D eigenvalue weighted by atomic mass is 9.98. The molecule has 1 atom stereocenters. The quantitative estimate of drug-likeness (QED) is 0.538. The molecule has 0 spiro atoms. The van der Waals surface area contributed by atoms with E-state index in [4.69, 9.17) is 0 Å². The van der Waals surface area contributed by atoms with E-state index in [2.05, 4.69) is 5.10 Å². The second-order valence-corrected chi connectivity index (χ2v) is 8.78. The minimum absolute atomic E-state index is 0.170. The van der Waals surface area contributed by atoms with Gasteiger partial charge in [0, 0.05) is 32.6 Å². The first-order valence-corrected chi connectivity index (χ1v) is 11.6. The largest absolute Gasteiger partial charge is 0.367 e. The Morgan fingerprint density at radius 3 is 2.11 bits per heavy atom. The third kappa shape index (κ3) is 5.07. The molecular formula is C27H25F3N4O. The van der Waals surface area contributed by atoms with Crippen LogP contribution in [0, 0.1) is 17.5 Å². The zero-order valence-corrected chi connectivity index (χ0v) is 19.1. The van der Waals surface area contributed by atoms with Gasteiger partial charge in [0.2, 0.25) is 0 Å². The number of nitrogens with zero attached hydrogens (tertiary/aromatic N) is 4. The first kappa shape index (κ1) is 23.1. The van der Waals surface area contributed by atoms with Crippen molar-refractivity contribution in [2.75, 3.05) is 37.6 Å². The number of rotatable bonds is 5. The van der Waals surface area contributed by atoms with E-state index in [9.17, 15) is 18.0 Å². The summed E-state index contributed by atoms with van der Waals surface area (Å²) in [5.41, 5.74) is 2.78. The number of benzene rings is 3. The van der Waals surface area contributed by atoms with E-state index in [0.29, 0.717) is 44.0 Å². The van der Waals surface area contributed by atoms with Crippen LogP contribution in [0.25, 0.3) is 0 Å². The number of piperazine rings is 1. The maximum atomic E-state index is 14.1. The van der Waals surface area contributed by atoms with Crippen LogP contribution in [0.1, 0.15) is 23.6 Å². The molecule has 35 heavy (non-hydrogen) atoms. The molecule has 1 saturated heterocycles. The summed E-state index contributed by atoms with van der Waals surface area (Å²) in [4.78, 5) is 17.4. The Morgan fingerprint density at radius 2 is 1.46 bits per heavy atom. The van der Waals surface area contributed by atoms with Gasteiger partial charge >= 0.3 is 0 Å². The van der Waals surface area contributed by atoms with Crippen LogP contribution in [0.15, 0.2) is 77.9 Å². The standard InChI is InChI=1S/C27H25F3N4O/c28-21-9-5-19(6-10-21)24-17-26(20-7-11-22(29)12-8-20)34(31-24)27(35)18-32-13-15-33(16-14-32)25-4-2-1-3-23(25)30/h1-12,26H,13-18H2. The number of hydrogen-bond donors (Lipinski definition) is 0. The molecule has 0 N–H and O–H groups in total. The molecule has 2 aliphatic heterocycles. The van der Waals surface area contributed by atoms with Crippen molar-refractivity contribution >= 4 is 17.3 Å². The second kappa shape index (κ2) is 9.92. The van der Waals surface area contributed by atoms with Crippen molar-refractivity contribution in [2.24, 2.45) is 5.10 Å². The van der Waals surface area contributed by atoms with Crippen LogP contribution in [0.2, 0.25) is 0 Å². The predicted octanol–water partition coefficient (Wildman–Crippen LogP) is 4.60. The molecule has 3 aromatic carbocycles. The molecule has 1 amide bonds. The molecule has 180 valence electrons. The summed E-state index contributed by atoms with van der Waals surface area (Å²) in [6, 6.07) is 18.4. The van der Waals surface area contributed by atoms with E-state index in [1.165, 1.54) is 35.3 Å². The average molecular weight is 479 g/mol. The second-order valence-electron chi connectivity index (χ2n) is 8.78. The summed E-state index contributed by atoms with van der Waals surface area (Å²) in [5, 5.41) is 6.07. The third-order valence-corrected chi connectivity index (χ3v) is 6.52. The Labute approximate surface area is 202 Å². The highest BCUT2D eigenvalue weighted by molar-refractivity contribution is 6.03. The highest BCUT2D eigenvalue weighted by Gasteiger charge is 2.34. The topological polar surface area (TPSA) is 39.2 Å². The normalized spacial score (nSPS) is 18.6. The first-order chi connectivity index (χ1) is 17.0. The fourth-order valence-electron chi connectivity index (χ4n) is 4.62. The maximum Gasteiger partial charge on any atom is 0.257 e. The van der Waals surface area contributed by atoms with Gasteiger partial charge in [-0.25, -0.2) is 18.2 Å². The Kier molecular flexibility index (Phi) is 6.55. The third-order valence-electron chi connectivity index (χ3n) is 6.52. The number of carbonyl (C=O) groups excluding carboxylic acids is 1. The summed E-state index contributed by atoms with van der Waals surface area (Å²) in [6.07, 6.45) is 0.448. The molecule has 0 saturated carbocycles. The maximum absolute atomic E-state index is 14.1. The molecular weight excluding hydrogens is 453 g/mol. The van der Waals surface area contributed by atoms with E-state index in [0.717, 1.165) is 11.1 Å². The molecule has 8 heteroatoms. The SMILES string of the molecule is O=C(CN1CCN(c2ccccc2F)CC1)N1N=C(c2ccc(F)cc2)CC1c1ccc(F)cc1. The lowest BCUT2D eigenvalue weighted by Crippen LogP contribution is -2.49. The van der Waals surface area contributed by atoms with Gasteiger partial charge in [0.15, 0.2) is 0 Å². The Bertz CT molecular complexity index is 1220. The summed E-state index contributed by atoms with van der Waals surface area (Å²) in [6.45, 7) is 2.62. The molecule has 2 heterocycles. The van der Waals surface area contributed by atoms with E-state index in [1.54, 1.807) is 36.4 Å². The molecule has 3 aromatic rings. The minimum Gasteiger partial charge on any atom is -0.367 e. The van der Waals surface area contributed by atoms with Crippen molar-refractivity contribution in [3.63, 3.8) is 0 Å². The number of hydrazone groups is 1. The van der Waals surface area contributed by atoms with Gasteiger partial charge in [-0.15, -0.1) is 0 Å². The van der Waals surface area contributed by atoms with Crippen LogP contribution in [-0.2, 0) is 4.79 Å². The van der Waals surface area contributed by atoms with Gasteiger partial charge in [-0.3, -0.25) is 9.69 Å². The first-order valence-electron chi connectivity index (χ1n) is 11.6. The van der Waals surface area contributed by atoms with Gasteiger partial charge in [-0.2, -0.15) is 5.10 Å². The summed E-state index contributed by atoms with van der Waals surface area (Å²) in [7, 11) is 0. The number of amides is 1. The van der Waals surface area contributed by atoms with Crippen molar-refractivity contribution in [2.45, 2.75) is 12.5 Å². The number of anilines is 1. The summed E-state index contributed by atoms with van der Waals surface area (Å²) in [5.74, 6) is -1.11. The van der Waals surface area contributed by atoms with Gasteiger partial charge in [-0.05, 0) is 47.5 Å². The average Bonchev–Trinajstić information content (AvgIpc) is 3.31. The molecule has 1 fully saturated rings. The molecule has 2 aliphatic rings. The Balaban J connectivity index is 1.30.